The number of rotatable bonds is 9. The van der Waals surface area contributed by atoms with Crippen LogP contribution in [0, 0.1) is 0 Å². The summed E-state index contributed by atoms with van der Waals surface area (Å²) in [6.07, 6.45) is 0.971. The van der Waals surface area contributed by atoms with E-state index in [4.69, 9.17) is 14.2 Å². The van der Waals surface area contributed by atoms with Gasteiger partial charge in [-0.1, -0.05) is 24.3 Å². The lowest BCUT2D eigenvalue weighted by Crippen LogP contribution is -2.23. The van der Waals surface area contributed by atoms with Crippen molar-refractivity contribution >= 4 is 0 Å². The highest BCUT2D eigenvalue weighted by atomic mass is 16.5. The summed E-state index contributed by atoms with van der Waals surface area (Å²) < 4.78 is 16.3. The summed E-state index contributed by atoms with van der Waals surface area (Å²) in [6, 6.07) is 16.8. The zero-order valence-corrected chi connectivity index (χ0v) is 12.4. The van der Waals surface area contributed by atoms with Crippen LogP contribution in [0.5, 0.6) is 17.2 Å². The van der Waals surface area contributed by atoms with Gasteiger partial charge < -0.3 is 19.3 Å². The molecule has 1 N–H and O–H groups in total. The number of ether oxygens (including phenoxy) is 3. The van der Waals surface area contributed by atoms with Crippen molar-refractivity contribution in [3.8, 4) is 17.2 Å². The van der Waals surface area contributed by atoms with Crippen LogP contribution in [0.3, 0.4) is 0 Å². The van der Waals surface area contributed by atoms with Gasteiger partial charge in [0.15, 0.2) is 0 Å². The number of aliphatic hydroxyl groups excluding tert-OH is 1. The Morgan fingerprint density at radius 2 is 1.55 bits per heavy atom. The predicted octanol–water partition coefficient (Wildman–Crippen LogP) is 3.42. The second kappa shape index (κ2) is 8.87. The minimum Gasteiger partial charge on any atom is -0.491 e. The Hall–Kier alpha value is -2.30. The van der Waals surface area contributed by atoms with Crippen molar-refractivity contribution in [3.05, 3.63) is 67.3 Å². The van der Waals surface area contributed by atoms with Gasteiger partial charge in [0.2, 0.25) is 0 Å². The van der Waals surface area contributed by atoms with E-state index in [-0.39, 0.29) is 13.2 Å². The lowest BCUT2D eigenvalue weighted by Gasteiger charge is -2.12. The molecule has 1 atom stereocenters. The molecule has 0 fully saturated rings. The third kappa shape index (κ3) is 5.60. The van der Waals surface area contributed by atoms with Crippen LogP contribution in [0.15, 0.2) is 67.3 Å². The van der Waals surface area contributed by atoms with Crippen molar-refractivity contribution in [2.24, 2.45) is 0 Å². The molecule has 2 aromatic rings. The highest BCUT2D eigenvalue weighted by molar-refractivity contribution is 5.35. The van der Waals surface area contributed by atoms with Crippen molar-refractivity contribution in [1.82, 2.24) is 0 Å². The van der Waals surface area contributed by atoms with Crippen LogP contribution < -0.4 is 9.47 Å². The van der Waals surface area contributed by atoms with E-state index in [1.807, 2.05) is 42.5 Å². The molecular weight excluding hydrogens is 280 g/mol. The third-order valence-electron chi connectivity index (χ3n) is 2.79. The zero-order valence-electron chi connectivity index (χ0n) is 12.4. The lowest BCUT2D eigenvalue weighted by atomic mass is 10.3. The molecule has 116 valence electrons. The van der Waals surface area contributed by atoms with E-state index in [0.29, 0.717) is 12.4 Å². The van der Waals surface area contributed by atoms with Crippen LogP contribution >= 0.6 is 0 Å². The minimum atomic E-state index is -0.666. The van der Waals surface area contributed by atoms with Gasteiger partial charge >= 0.3 is 0 Å². The van der Waals surface area contributed by atoms with Gasteiger partial charge in [-0.3, -0.25) is 0 Å². The fraction of sp³-hybridized carbons (Fsp3) is 0.222. The second-order valence-electron chi connectivity index (χ2n) is 4.68. The number of aliphatic hydroxyl groups is 1. The normalized spacial score (nSPS) is 11.7. The maximum absolute atomic E-state index is 9.68. The van der Waals surface area contributed by atoms with Gasteiger partial charge in [-0.2, -0.15) is 0 Å². The first-order chi connectivity index (χ1) is 10.8. The van der Waals surface area contributed by atoms with Gasteiger partial charge in [0.05, 0.1) is 13.2 Å². The van der Waals surface area contributed by atoms with E-state index < -0.39 is 6.10 Å². The van der Waals surface area contributed by atoms with Gasteiger partial charge in [0.1, 0.15) is 30.0 Å². The molecule has 0 saturated carbocycles. The van der Waals surface area contributed by atoms with Crippen LogP contribution in [0.25, 0.3) is 0 Å². The van der Waals surface area contributed by atoms with Crippen LogP contribution in [-0.2, 0) is 4.74 Å². The first kappa shape index (κ1) is 16.1. The monoisotopic (exact) mass is 300 g/mol. The first-order valence-electron chi connectivity index (χ1n) is 7.10. The van der Waals surface area contributed by atoms with E-state index in [1.54, 1.807) is 18.2 Å². The molecule has 0 radical (unpaired) electrons. The standard InChI is InChI=1S/C18H20O4/c1-2-12-20-13-15(19)14-21-16-8-10-18(11-9-16)22-17-6-4-3-5-7-17/h2-11,15,19H,1,12-14H2/t15-/m0/s1. The van der Waals surface area contributed by atoms with Crippen LogP contribution in [0.2, 0.25) is 0 Å². The second-order valence-corrected chi connectivity index (χ2v) is 4.68. The molecule has 0 aliphatic heterocycles. The van der Waals surface area contributed by atoms with Gasteiger partial charge in [-0.25, -0.2) is 0 Å². The summed E-state index contributed by atoms with van der Waals surface area (Å²) in [4.78, 5) is 0. The lowest BCUT2D eigenvalue weighted by molar-refractivity contribution is 0.0214. The number of hydrogen-bond donors (Lipinski definition) is 1. The fourth-order valence-corrected chi connectivity index (χ4v) is 1.76. The molecule has 0 aliphatic carbocycles. The van der Waals surface area contributed by atoms with Crippen molar-refractivity contribution in [2.75, 3.05) is 19.8 Å². The van der Waals surface area contributed by atoms with Crippen molar-refractivity contribution < 1.29 is 19.3 Å². The summed E-state index contributed by atoms with van der Waals surface area (Å²) in [6.45, 7) is 4.36. The molecule has 0 aliphatic rings. The largest absolute Gasteiger partial charge is 0.491 e. The van der Waals surface area contributed by atoms with Crippen LogP contribution in [0.4, 0.5) is 0 Å². The maximum Gasteiger partial charge on any atom is 0.127 e. The SMILES string of the molecule is C=CCOC[C@H](O)COc1ccc(Oc2ccccc2)cc1. The summed E-state index contributed by atoms with van der Waals surface area (Å²) in [5.74, 6) is 2.18. The van der Waals surface area contributed by atoms with Crippen molar-refractivity contribution in [3.63, 3.8) is 0 Å². The molecule has 0 unspecified atom stereocenters. The first-order valence-corrected chi connectivity index (χ1v) is 7.10. The van der Waals surface area contributed by atoms with Crippen LogP contribution in [0.1, 0.15) is 0 Å². The molecule has 0 aromatic heterocycles. The van der Waals surface area contributed by atoms with Crippen molar-refractivity contribution in [1.29, 1.82) is 0 Å². The van der Waals surface area contributed by atoms with Gasteiger partial charge in [-0.05, 0) is 36.4 Å². The summed E-state index contributed by atoms with van der Waals surface area (Å²) in [5.41, 5.74) is 0. The molecule has 0 bridgehead atoms. The molecule has 0 saturated heterocycles. The Bertz CT molecular complexity index is 551. The predicted molar refractivity (Wildman–Crippen MR) is 85.5 cm³/mol. The highest BCUT2D eigenvalue weighted by Gasteiger charge is 2.05. The fourth-order valence-electron chi connectivity index (χ4n) is 1.76. The Labute approximate surface area is 130 Å². The van der Waals surface area contributed by atoms with E-state index in [1.165, 1.54) is 0 Å². The number of benzene rings is 2. The van der Waals surface area contributed by atoms with Gasteiger partial charge in [-0.15, -0.1) is 6.58 Å². The quantitative estimate of drug-likeness (QED) is 0.569. The summed E-state index contributed by atoms with van der Waals surface area (Å²) in [7, 11) is 0. The maximum atomic E-state index is 9.68. The Kier molecular flexibility index (Phi) is 6.48. The van der Waals surface area contributed by atoms with Crippen molar-refractivity contribution in [2.45, 2.75) is 6.10 Å². The number of para-hydroxylation sites is 1. The zero-order chi connectivity index (χ0) is 15.6. The Morgan fingerprint density at radius 1 is 0.909 bits per heavy atom. The van der Waals surface area contributed by atoms with E-state index in [2.05, 4.69) is 6.58 Å². The van der Waals surface area contributed by atoms with E-state index in [9.17, 15) is 5.11 Å². The smallest absolute Gasteiger partial charge is 0.127 e. The van der Waals surface area contributed by atoms with E-state index >= 15 is 0 Å². The molecule has 0 amide bonds. The molecule has 2 aromatic carbocycles. The molecule has 0 heterocycles. The Morgan fingerprint density at radius 3 is 2.23 bits per heavy atom. The van der Waals surface area contributed by atoms with E-state index in [0.717, 1.165) is 11.5 Å². The van der Waals surface area contributed by atoms with Crippen LogP contribution in [-0.4, -0.2) is 31.0 Å². The minimum absolute atomic E-state index is 0.177. The molecule has 4 heteroatoms. The highest BCUT2D eigenvalue weighted by Crippen LogP contribution is 2.23. The topological polar surface area (TPSA) is 47.9 Å². The molecule has 4 nitrogen and oxygen atoms in total. The molecule has 0 spiro atoms. The third-order valence-corrected chi connectivity index (χ3v) is 2.79. The summed E-state index contributed by atoms with van der Waals surface area (Å²) >= 11 is 0. The molecule has 2 rings (SSSR count). The average molecular weight is 300 g/mol. The average Bonchev–Trinajstić information content (AvgIpc) is 2.55. The molecular formula is C18H20O4. The van der Waals surface area contributed by atoms with Gasteiger partial charge in [0, 0.05) is 0 Å². The molecule has 22 heavy (non-hydrogen) atoms. The number of hydrogen-bond acceptors (Lipinski definition) is 4. The summed E-state index contributed by atoms with van der Waals surface area (Å²) in [5, 5.41) is 9.68. The Balaban J connectivity index is 1.78. The van der Waals surface area contributed by atoms with Gasteiger partial charge in [0.25, 0.3) is 0 Å².